The minimum absolute atomic E-state index is 0.327. The Morgan fingerprint density at radius 2 is 1.00 bits per heavy atom. The van der Waals surface area contributed by atoms with E-state index in [0.29, 0.717) is 0 Å². The highest BCUT2D eigenvalue weighted by molar-refractivity contribution is 8.02. The monoisotopic (exact) mass is 342 g/mol. The predicted octanol–water partition coefficient (Wildman–Crippen LogP) is 4.97. The van der Waals surface area contributed by atoms with E-state index in [1.54, 1.807) is 0 Å². The SMILES string of the molecule is CC1(C)SC(C)(C)C2(c3ccccc3)OOC1(c1ccccc1)O2. The molecular formula is C20H22O3S. The summed E-state index contributed by atoms with van der Waals surface area (Å²) >= 11 is 1.84. The van der Waals surface area contributed by atoms with E-state index in [1.165, 1.54) is 0 Å². The second kappa shape index (κ2) is 5.09. The molecule has 0 saturated carbocycles. The lowest BCUT2D eigenvalue weighted by atomic mass is 9.88. The largest absolute Gasteiger partial charge is 0.301 e. The zero-order valence-corrected chi connectivity index (χ0v) is 15.2. The van der Waals surface area contributed by atoms with Gasteiger partial charge in [-0.05, 0) is 27.7 Å². The van der Waals surface area contributed by atoms with Crippen LogP contribution < -0.4 is 0 Å². The number of rotatable bonds is 2. The predicted molar refractivity (Wildman–Crippen MR) is 95.2 cm³/mol. The van der Waals surface area contributed by atoms with Gasteiger partial charge in [0.1, 0.15) is 0 Å². The Bertz CT molecular complexity index is 680. The fourth-order valence-corrected chi connectivity index (χ4v) is 5.73. The van der Waals surface area contributed by atoms with Gasteiger partial charge in [-0.3, -0.25) is 0 Å². The fourth-order valence-electron chi connectivity index (χ4n) is 3.80. The van der Waals surface area contributed by atoms with E-state index in [4.69, 9.17) is 14.5 Å². The highest BCUT2D eigenvalue weighted by Crippen LogP contribution is 2.67. The molecule has 2 saturated heterocycles. The molecule has 3 nitrogen and oxygen atoms in total. The molecule has 24 heavy (non-hydrogen) atoms. The van der Waals surface area contributed by atoms with Gasteiger partial charge in [-0.2, -0.15) is 9.78 Å². The van der Waals surface area contributed by atoms with Crippen molar-refractivity contribution in [2.45, 2.75) is 48.8 Å². The maximum atomic E-state index is 6.71. The first-order valence-corrected chi connectivity index (χ1v) is 9.03. The summed E-state index contributed by atoms with van der Waals surface area (Å²) in [6.45, 7) is 8.60. The van der Waals surface area contributed by atoms with Gasteiger partial charge in [0.05, 0.1) is 9.49 Å². The molecule has 0 amide bonds. The van der Waals surface area contributed by atoms with Gasteiger partial charge < -0.3 is 4.74 Å². The molecule has 4 rings (SSSR count). The van der Waals surface area contributed by atoms with E-state index in [9.17, 15) is 0 Å². The lowest BCUT2D eigenvalue weighted by Gasteiger charge is -2.52. The van der Waals surface area contributed by atoms with Crippen molar-refractivity contribution >= 4 is 11.8 Å². The third kappa shape index (κ3) is 1.97. The average Bonchev–Trinajstić information content (AvgIpc) is 2.97. The Morgan fingerprint density at radius 1 is 0.625 bits per heavy atom. The number of fused-ring (bicyclic) bond motifs is 2. The number of benzene rings is 2. The summed E-state index contributed by atoms with van der Waals surface area (Å²) in [5.41, 5.74) is 1.94. The molecule has 2 bridgehead atoms. The van der Waals surface area contributed by atoms with E-state index in [0.717, 1.165) is 11.1 Å². The average molecular weight is 342 g/mol. The minimum atomic E-state index is -0.954. The van der Waals surface area contributed by atoms with Crippen LogP contribution in [0.3, 0.4) is 0 Å². The zero-order valence-electron chi connectivity index (χ0n) is 14.4. The van der Waals surface area contributed by atoms with Gasteiger partial charge in [0.15, 0.2) is 0 Å². The third-order valence-electron chi connectivity index (χ3n) is 4.97. The summed E-state index contributed by atoms with van der Waals surface area (Å²) in [6, 6.07) is 20.1. The standard InChI is InChI=1S/C20H22O3S/c1-17(2)19(15-11-7-5-8-12-15)21-20(23-22-19,18(3,4)24-17)16-13-9-6-10-14-16/h5-14H,1-4H3. The van der Waals surface area contributed by atoms with Gasteiger partial charge in [-0.25, -0.2) is 0 Å². The van der Waals surface area contributed by atoms with Crippen molar-refractivity contribution in [2.24, 2.45) is 0 Å². The van der Waals surface area contributed by atoms with E-state index in [2.05, 4.69) is 27.7 Å². The molecule has 126 valence electrons. The van der Waals surface area contributed by atoms with Crippen molar-refractivity contribution < 1.29 is 14.5 Å². The molecule has 2 heterocycles. The molecular weight excluding hydrogens is 320 g/mol. The zero-order chi connectivity index (χ0) is 17.1. The highest BCUT2D eigenvalue weighted by Gasteiger charge is 2.73. The number of ether oxygens (including phenoxy) is 1. The van der Waals surface area contributed by atoms with Crippen LogP contribution in [0.4, 0.5) is 0 Å². The maximum Gasteiger partial charge on any atom is 0.245 e. The molecule has 0 aliphatic carbocycles. The smallest absolute Gasteiger partial charge is 0.245 e. The van der Waals surface area contributed by atoms with Crippen LogP contribution in [0.2, 0.25) is 0 Å². The molecule has 2 unspecified atom stereocenters. The van der Waals surface area contributed by atoms with Crippen LogP contribution in [0, 0.1) is 0 Å². The summed E-state index contributed by atoms with van der Waals surface area (Å²) in [6.07, 6.45) is 0. The number of hydrogen-bond acceptors (Lipinski definition) is 4. The van der Waals surface area contributed by atoms with Gasteiger partial charge in [-0.15, -0.1) is 11.8 Å². The lowest BCUT2D eigenvalue weighted by molar-refractivity contribution is -0.362. The van der Waals surface area contributed by atoms with Crippen LogP contribution >= 0.6 is 11.8 Å². The van der Waals surface area contributed by atoms with E-state index in [1.807, 2.05) is 72.4 Å². The van der Waals surface area contributed by atoms with Crippen molar-refractivity contribution in [1.82, 2.24) is 0 Å². The molecule has 2 aromatic rings. The van der Waals surface area contributed by atoms with Crippen LogP contribution in [0.15, 0.2) is 60.7 Å². The Morgan fingerprint density at radius 3 is 1.38 bits per heavy atom. The molecule has 0 N–H and O–H groups in total. The molecule has 2 aliphatic heterocycles. The summed E-state index contributed by atoms with van der Waals surface area (Å²) in [5, 5.41) is 0. The number of hydrogen-bond donors (Lipinski definition) is 0. The van der Waals surface area contributed by atoms with Crippen LogP contribution in [0.1, 0.15) is 38.8 Å². The van der Waals surface area contributed by atoms with E-state index < -0.39 is 11.6 Å². The first-order chi connectivity index (χ1) is 11.3. The van der Waals surface area contributed by atoms with Gasteiger partial charge >= 0.3 is 0 Å². The molecule has 2 atom stereocenters. The van der Waals surface area contributed by atoms with Crippen molar-refractivity contribution in [3.8, 4) is 0 Å². The van der Waals surface area contributed by atoms with E-state index >= 15 is 0 Å². The van der Waals surface area contributed by atoms with Crippen LogP contribution in [-0.2, 0) is 26.1 Å². The van der Waals surface area contributed by atoms with Crippen LogP contribution in [0.5, 0.6) is 0 Å². The first-order valence-electron chi connectivity index (χ1n) is 8.21. The maximum absolute atomic E-state index is 6.71. The Hall–Kier alpha value is -1.33. The van der Waals surface area contributed by atoms with Gasteiger partial charge in [0.2, 0.25) is 11.6 Å². The molecule has 0 spiro atoms. The summed E-state index contributed by atoms with van der Waals surface area (Å²) in [4.78, 5) is 12.0. The second-order valence-electron chi connectivity index (χ2n) is 7.36. The van der Waals surface area contributed by atoms with Gasteiger partial charge in [0.25, 0.3) is 0 Å². The Labute approximate surface area is 147 Å². The Balaban J connectivity index is 1.91. The summed E-state index contributed by atoms with van der Waals surface area (Å²) < 4.78 is 6.06. The fraction of sp³-hybridized carbons (Fsp3) is 0.400. The van der Waals surface area contributed by atoms with Crippen molar-refractivity contribution in [1.29, 1.82) is 0 Å². The normalized spacial score (nSPS) is 33.3. The lowest BCUT2D eigenvalue weighted by Crippen LogP contribution is -2.59. The minimum Gasteiger partial charge on any atom is -0.301 e. The van der Waals surface area contributed by atoms with Crippen molar-refractivity contribution in [3.63, 3.8) is 0 Å². The molecule has 2 aliphatic rings. The van der Waals surface area contributed by atoms with Crippen LogP contribution in [-0.4, -0.2) is 9.49 Å². The summed E-state index contributed by atoms with van der Waals surface area (Å²) in [5.74, 6) is -1.91. The van der Waals surface area contributed by atoms with Crippen molar-refractivity contribution in [2.75, 3.05) is 0 Å². The molecule has 2 aromatic carbocycles. The second-order valence-corrected chi connectivity index (χ2v) is 9.60. The van der Waals surface area contributed by atoms with Crippen molar-refractivity contribution in [3.05, 3.63) is 71.8 Å². The number of thioether (sulfide) groups is 1. The topological polar surface area (TPSA) is 27.7 Å². The summed E-state index contributed by atoms with van der Waals surface area (Å²) in [7, 11) is 0. The van der Waals surface area contributed by atoms with E-state index in [-0.39, 0.29) is 9.49 Å². The van der Waals surface area contributed by atoms with Gasteiger partial charge in [0, 0.05) is 11.1 Å². The van der Waals surface area contributed by atoms with Gasteiger partial charge in [-0.1, -0.05) is 60.7 Å². The molecule has 0 radical (unpaired) electrons. The third-order valence-corrected chi connectivity index (χ3v) is 6.53. The molecule has 2 fully saturated rings. The molecule has 0 aromatic heterocycles. The molecule has 4 heteroatoms. The Kier molecular flexibility index (Phi) is 3.42. The van der Waals surface area contributed by atoms with Crippen LogP contribution in [0.25, 0.3) is 0 Å². The highest BCUT2D eigenvalue weighted by atomic mass is 32.2. The quantitative estimate of drug-likeness (QED) is 0.720. The first kappa shape index (κ1) is 16.2.